The Kier molecular flexibility index (Phi) is 6.41. The maximum atomic E-state index is 12.0. The van der Waals surface area contributed by atoms with E-state index >= 15 is 0 Å². The van der Waals surface area contributed by atoms with E-state index in [0.29, 0.717) is 5.75 Å². The third kappa shape index (κ3) is 4.80. The van der Waals surface area contributed by atoms with Crippen molar-refractivity contribution in [1.29, 1.82) is 0 Å². The van der Waals surface area contributed by atoms with E-state index in [1.807, 2.05) is 6.26 Å². The number of carbonyl (C=O) groups is 1. The van der Waals surface area contributed by atoms with Gasteiger partial charge in [0.1, 0.15) is 15.3 Å². The largest absolute Gasteiger partial charge is 0.480 e. The SMILES string of the molecule is CSCCC(NS(=O)(=O)c1cc(Cl)sc1Cl)C(=O)O. The molecule has 0 aliphatic heterocycles. The van der Waals surface area contributed by atoms with E-state index in [0.717, 1.165) is 11.3 Å². The Morgan fingerprint density at radius 2 is 2.21 bits per heavy atom. The Labute approximate surface area is 129 Å². The number of carboxylic acid groups (broad SMARTS) is 1. The molecule has 5 nitrogen and oxygen atoms in total. The highest BCUT2D eigenvalue weighted by atomic mass is 35.5. The average molecular weight is 364 g/mol. The van der Waals surface area contributed by atoms with Gasteiger partial charge >= 0.3 is 5.97 Å². The summed E-state index contributed by atoms with van der Waals surface area (Å²) in [6.45, 7) is 0. The van der Waals surface area contributed by atoms with Crippen LogP contribution in [0.4, 0.5) is 0 Å². The van der Waals surface area contributed by atoms with Crippen molar-refractivity contribution < 1.29 is 18.3 Å². The first kappa shape index (κ1) is 17.1. The van der Waals surface area contributed by atoms with Gasteiger partial charge in [0.25, 0.3) is 0 Å². The summed E-state index contributed by atoms with van der Waals surface area (Å²) in [4.78, 5) is 10.8. The first-order chi connectivity index (χ1) is 8.77. The molecule has 1 atom stereocenters. The summed E-state index contributed by atoms with van der Waals surface area (Å²) >= 11 is 13.8. The minimum atomic E-state index is -3.99. The molecule has 19 heavy (non-hydrogen) atoms. The first-order valence-corrected chi connectivity index (χ1v) is 9.41. The smallest absolute Gasteiger partial charge is 0.321 e. The number of hydrogen-bond acceptors (Lipinski definition) is 5. The van der Waals surface area contributed by atoms with Crippen LogP contribution >= 0.6 is 46.3 Å². The maximum absolute atomic E-state index is 12.0. The third-order valence-electron chi connectivity index (χ3n) is 2.12. The fourth-order valence-corrected chi connectivity index (χ4v) is 5.07. The number of aliphatic carboxylic acids is 1. The van der Waals surface area contributed by atoms with Crippen LogP contribution in [-0.4, -0.2) is 37.5 Å². The molecule has 0 radical (unpaired) electrons. The van der Waals surface area contributed by atoms with Gasteiger partial charge in [0.05, 0.1) is 4.34 Å². The van der Waals surface area contributed by atoms with E-state index in [1.165, 1.54) is 17.8 Å². The highest BCUT2D eigenvalue weighted by Crippen LogP contribution is 2.34. The van der Waals surface area contributed by atoms with E-state index in [9.17, 15) is 13.2 Å². The van der Waals surface area contributed by atoms with Gasteiger partial charge in [0.15, 0.2) is 0 Å². The van der Waals surface area contributed by atoms with Crippen molar-refractivity contribution in [3.63, 3.8) is 0 Å². The summed E-state index contributed by atoms with van der Waals surface area (Å²) in [5.41, 5.74) is 0. The second-order valence-electron chi connectivity index (χ2n) is 3.48. The molecule has 0 saturated carbocycles. The van der Waals surface area contributed by atoms with Crippen LogP contribution in [0.1, 0.15) is 6.42 Å². The van der Waals surface area contributed by atoms with Crippen molar-refractivity contribution in [2.24, 2.45) is 0 Å². The summed E-state index contributed by atoms with van der Waals surface area (Å²) in [6, 6.07) is 0.0110. The fraction of sp³-hybridized carbons (Fsp3) is 0.444. The molecule has 0 saturated heterocycles. The molecule has 1 aromatic rings. The summed E-state index contributed by atoms with van der Waals surface area (Å²) in [7, 11) is -3.99. The second kappa shape index (κ2) is 7.14. The summed E-state index contributed by atoms with van der Waals surface area (Å²) in [5.74, 6) is -0.701. The van der Waals surface area contributed by atoms with E-state index < -0.39 is 22.0 Å². The Morgan fingerprint density at radius 1 is 1.58 bits per heavy atom. The Hall–Kier alpha value is 0.01000. The highest BCUT2D eigenvalue weighted by molar-refractivity contribution is 7.98. The zero-order valence-electron chi connectivity index (χ0n) is 9.72. The lowest BCUT2D eigenvalue weighted by Crippen LogP contribution is -2.41. The summed E-state index contributed by atoms with van der Waals surface area (Å²) < 4.78 is 26.4. The van der Waals surface area contributed by atoms with Crippen LogP contribution in [0, 0.1) is 0 Å². The van der Waals surface area contributed by atoms with Crippen molar-refractivity contribution in [1.82, 2.24) is 4.72 Å². The molecule has 0 fully saturated rings. The number of sulfonamides is 1. The van der Waals surface area contributed by atoms with Gasteiger partial charge in [-0.15, -0.1) is 11.3 Å². The minimum absolute atomic E-state index is 0.00602. The van der Waals surface area contributed by atoms with E-state index in [-0.39, 0.29) is 20.0 Å². The van der Waals surface area contributed by atoms with Crippen molar-refractivity contribution in [2.45, 2.75) is 17.4 Å². The number of carboxylic acids is 1. The lowest BCUT2D eigenvalue weighted by Gasteiger charge is -2.13. The van der Waals surface area contributed by atoms with Crippen molar-refractivity contribution >= 4 is 62.3 Å². The zero-order valence-corrected chi connectivity index (χ0v) is 13.7. The summed E-state index contributed by atoms with van der Waals surface area (Å²) in [5, 5.41) is 8.99. The lowest BCUT2D eigenvalue weighted by atomic mass is 10.2. The van der Waals surface area contributed by atoms with Gasteiger partial charge in [-0.2, -0.15) is 16.5 Å². The highest BCUT2D eigenvalue weighted by Gasteiger charge is 2.27. The van der Waals surface area contributed by atoms with Crippen LogP contribution in [0.15, 0.2) is 11.0 Å². The maximum Gasteiger partial charge on any atom is 0.321 e. The molecule has 0 bridgehead atoms. The Bertz CT molecular complexity index is 558. The van der Waals surface area contributed by atoms with Gasteiger partial charge in [-0.05, 0) is 24.5 Å². The lowest BCUT2D eigenvalue weighted by molar-refractivity contribution is -0.139. The predicted octanol–water partition coefficient (Wildman–Crippen LogP) is 2.54. The molecule has 0 aromatic carbocycles. The van der Waals surface area contributed by atoms with Gasteiger partial charge in [0, 0.05) is 0 Å². The monoisotopic (exact) mass is 363 g/mol. The number of thioether (sulfide) groups is 1. The number of hydrogen-bond donors (Lipinski definition) is 2. The van der Waals surface area contributed by atoms with Crippen molar-refractivity contribution in [2.75, 3.05) is 12.0 Å². The molecule has 1 rings (SSSR count). The summed E-state index contributed by atoms with van der Waals surface area (Å²) in [6.07, 6.45) is 1.99. The van der Waals surface area contributed by atoms with E-state index in [1.54, 1.807) is 0 Å². The molecular weight excluding hydrogens is 353 g/mol. The molecule has 0 amide bonds. The second-order valence-corrected chi connectivity index (χ2v) is 8.44. The van der Waals surface area contributed by atoms with Gasteiger partial charge in [0.2, 0.25) is 10.0 Å². The van der Waals surface area contributed by atoms with Crippen LogP contribution < -0.4 is 4.72 Å². The predicted molar refractivity (Wildman–Crippen MR) is 79.1 cm³/mol. The topological polar surface area (TPSA) is 83.5 Å². The molecule has 2 N–H and O–H groups in total. The van der Waals surface area contributed by atoms with Crippen LogP contribution in [0.3, 0.4) is 0 Å². The van der Waals surface area contributed by atoms with E-state index in [4.69, 9.17) is 28.3 Å². The fourth-order valence-electron chi connectivity index (χ4n) is 1.23. The number of halogens is 2. The standard InChI is InChI=1S/C9H11Cl2NO4S3/c1-17-3-2-5(9(13)14)12-19(15,16)6-4-7(10)18-8(6)11/h4-5,12H,2-3H2,1H3,(H,13,14). The third-order valence-corrected chi connectivity index (χ3v) is 5.99. The van der Waals surface area contributed by atoms with Crippen LogP contribution in [0.2, 0.25) is 8.67 Å². The average Bonchev–Trinajstić information content (AvgIpc) is 2.64. The quantitative estimate of drug-likeness (QED) is 0.777. The number of nitrogens with one attached hydrogen (secondary N) is 1. The van der Waals surface area contributed by atoms with E-state index in [2.05, 4.69) is 4.72 Å². The molecule has 1 aromatic heterocycles. The molecular formula is C9H11Cl2NO4S3. The number of thiophene rings is 1. The Balaban J connectivity index is 2.94. The molecule has 108 valence electrons. The van der Waals surface area contributed by atoms with Crippen molar-refractivity contribution in [3.8, 4) is 0 Å². The molecule has 1 unspecified atom stereocenters. The van der Waals surface area contributed by atoms with Gasteiger partial charge < -0.3 is 5.11 Å². The molecule has 10 heteroatoms. The van der Waals surface area contributed by atoms with Gasteiger partial charge in [-0.1, -0.05) is 23.2 Å². The molecule has 0 aliphatic carbocycles. The molecule has 0 aliphatic rings. The van der Waals surface area contributed by atoms with Crippen LogP contribution in [0.5, 0.6) is 0 Å². The zero-order chi connectivity index (χ0) is 14.6. The van der Waals surface area contributed by atoms with Crippen molar-refractivity contribution in [3.05, 3.63) is 14.7 Å². The minimum Gasteiger partial charge on any atom is -0.480 e. The van der Waals surface area contributed by atoms with Gasteiger partial charge in [-0.3, -0.25) is 4.79 Å². The first-order valence-electron chi connectivity index (χ1n) is 4.97. The normalized spacial score (nSPS) is 13.4. The van der Waals surface area contributed by atoms with Crippen LogP contribution in [0.25, 0.3) is 0 Å². The Morgan fingerprint density at radius 3 is 2.63 bits per heavy atom. The number of rotatable bonds is 7. The van der Waals surface area contributed by atoms with Gasteiger partial charge in [-0.25, -0.2) is 8.42 Å². The van der Waals surface area contributed by atoms with Crippen LogP contribution in [-0.2, 0) is 14.8 Å². The molecule has 1 heterocycles. The molecule has 0 spiro atoms.